The Kier molecular flexibility index (Phi) is 7.28. The number of nitrogens with zero attached hydrogens (tertiary/aromatic N) is 2. The normalized spacial score (nSPS) is 19.6. The van der Waals surface area contributed by atoms with Gasteiger partial charge in [-0.2, -0.15) is 0 Å². The summed E-state index contributed by atoms with van der Waals surface area (Å²) in [6.07, 6.45) is 4.98. The predicted octanol–water partition coefficient (Wildman–Crippen LogP) is 1.31. The van der Waals surface area contributed by atoms with Crippen LogP contribution in [-0.4, -0.2) is 55.5 Å². The van der Waals surface area contributed by atoms with Crippen LogP contribution >= 0.6 is 0 Å². The summed E-state index contributed by atoms with van der Waals surface area (Å²) < 4.78 is 0. The summed E-state index contributed by atoms with van der Waals surface area (Å²) in [5.41, 5.74) is 5.59. The molecule has 0 aromatic rings. The van der Waals surface area contributed by atoms with Crippen molar-refractivity contribution in [3.63, 3.8) is 0 Å². The van der Waals surface area contributed by atoms with Crippen molar-refractivity contribution in [1.29, 1.82) is 0 Å². The second kappa shape index (κ2) is 8.48. The van der Waals surface area contributed by atoms with Crippen molar-refractivity contribution in [3.8, 4) is 0 Å². The molecule has 0 saturated carbocycles. The van der Waals surface area contributed by atoms with Gasteiger partial charge in [0.15, 0.2) is 0 Å². The molecule has 18 heavy (non-hydrogen) atoms. The van der Waals surface area contributed by atoms with Crippen molar-refractivity contribution in [1.82, 2.24) is 9.80 Å². The zero-order valence-corrected chi connectivity index (χ0v) is 12.0. The number of carbonyl (C=O) groups excluding carboxylic acids is 1. The molecule has 1 atom stereocenters. The Bertz CT molecular complexity index is 245. The summed E-state index contributed by atoms with van der Waals surface area (Å²) in [5.74, 6) is 0.953. The average molecular weight is 255 g/mol. The molecule has 1 saturated heterocycles. The lowest BCUT2D eigenvalue weighted by Crippen LogP contribution is -2.34. The lowest BCUT2D eigenvalue weighted by atomic mass is 9.96. The van der Waals surface area contributed by atoms with Gasteiger partial charge in [-0.3, -0.25) is 4.79 Å². The fraction of sp³-hybridized carbons (Fsp3) is 0.929. The van der Waals surface area contributed by atoms with Gasteiger partial charge in [0.05, 0.1) is 0 Å². The number of amides is 1. The Morgan fingerprint density at radius 3 is 2.67 bits per heavy atom. The molecule has 1 heterocycles. The van der Waals surface area contributed by atoms with Crippen molar-refractivity contribution < 1.29 is 4.79 Å². The maximum absolute atomic E-state index is 12.2. The first-order valence-electron chi connectivity index (χ1n) is 7.33. The molecule has 4 nitrogen and oxygen atoms in total. The van der Waals surface area contributed by atoms with E-state index in [1.807, 2.05) is 4.90 Å². The topological polar surface area (TPSA) is 49.6 Å². The van der Waals surface area contributed by atoms with Gasteiger partial charge < -0.3 is 15.5 Å². The zero-order chi connectivity index (χ0) is 13.4. The summed E-state index contributed by atoms with van der Waals surface area (Å²) in [4.78, 5) is 16.5. The van der Waals surface area contributed by atoms with Crippen LogP contribution in [-0.2, 0) is 4.79 Å². The highest BCUT2D eigenvalue weighted by Crippen LogP contribution is 2.16. The first kappa shape index (κ1) is 15.4. The van der Waals surface area contributed by atoms with Crippen molar-refractivity contribution in [2.24, 2.45) is 11.7 Å². The van der Waals surface area contributed by atoms with Crippen molar-refractivity contribution in [3.05, 3.63) is 0 Å². The number of likely N-dealkylation sites (N-methyl/N-ethyl adjacent to an activating group) is 1. The van der Waals surface area contributed by atoms with Crippen LogP contribution in [0.25, 0.3) is 0 Å². The van der Waals surface area contributed by atoms with Gasteiger partial charge in [-0.05, 0) is 45.3 Å². The van der Waals surface area contributed by atoms with Crippen molar-refractivity contribution in [2.75, 3.05) is 39.8 Å². The van der Waals surface area contributed by atoms with E-state index < -0.39 is 0 Å². The minimum atomic E-state index is 0.334. The Labute approximate surface area is 111 Å². The van der Waals surface area contributed by atoms with E-state index in [0.29, 0.717) is 18.2 Å². The van der Waals surface area contributed by atoms with Gasteiger partial charge in [0, 0.05) is 26.1 Å². The Morgan fingerprint density at radius 2 is 2.00 bits per heavy atom. The molecule has 0 spiro atoms. The highest BCUT2D eigenvalue weighted by Gasteiger charge is 2.18. The molecule has 0 bridgehead atoms. The molecular formula is C14H29N3O. The highest BCUT2D eigenvalue weighted by atomic mass is 16.2. The Morgan fingerprint density at radius 1 is 1.22 bits per heavy atom. The average Bonchev–Trinajstić information content (AvgIpc) is 2.59. The van der Waals surface area contributed by atoms with Gasteiger partial charge >= 0.3 is 0 Å². The fourth-order valence-electron chi connectivity index (χ4n) is 2.57. The highest BCUT2D eigenvalue weighted by molar-refractivity contribution is 5.76. The lowest BCUT2D eigenvalue weighted by molar-refractivity contribution is -0.131. The smallest absolute Gasteiger partial charge is 0.222 e. The van der Waals surface area contributed by atoms with Crippen LogP contribution in [0.3, 0.4) is 0 Å². The molecule has 106 valence electrons. The largest absolute Gasteiger partial charge is 0.341 e. The molecule has 0 aromatic carbocycles. The fourth-order valence-corrected chi connectivity index (χ4v) is 2.57. The number of carbonyl (C=O) groups is 1. The monoisotopic (exact) mass is 255 g/mol. The lowest BCUT2D eigenvalue weighted by Gasteiger charge is -2.22. The van der Waals surface area contributed by atoms with E-state index in [9.17, 15) is 4.79 Å². The van der Waals surface area contributed by atoms with Gasteiger partial charge in [-0.15, -0.1) is 0 Å². The van der Waals surface area contributed by atoms with Gasteiger partial charge in [0.1, 0.15) is 0 Å². The minimum absolute atomic E-state index is 0.334. The third-order valence-corrected chi connectivity index (χ3v) is 3.99. The molecule has 2 N–H and O–H groups in total. The summed E-state index contributed by atoms with van der Waals surface area (Å²) >= 11 is 0. The van der Waals surface area contributed by atoms with Gasteiger partial charge in [-0.25, -0.2) is 0 Å². The Hall–Kier alpha value is -0.610. The molecule has 0 radical (unpaired) electrons. The van der Waals surface area contributed by atoms with Crippen LogP contribution in [0.2, 0.25) is 0 Å². The maximum Gasteiger partial charge on any atom is 0.222 e. The van der Waals surface area contributed by atoms with E-state index >= 15 is 0 Å². The minimum Gasteiger partial charge on any atom is -0.341 e. The summed E-state index contributed by atoms with van der Waals surface area (Å²) in [5, 5.41) is 0. The van der Waals surface area contributed by atoms with Crippen LogP contribution < -0.4 is 5.73 Å². The molecule has 1 unspecified atom stereocenters. The van der Waals surface area contributed by atoms with Gasteiger partial charge in [-0.1, -0.05) is 13.3 Å². The molecule has 1 amide bonds. The predicted molar refractivity (Wildman–Crippen MR) is 75.4 cm³/mol. The summed E-state index contributed by atoms with van der Waals surface area (Å²) in [7, 11) is 2.13. The first-order valence-corrected chi connectivity index (χ1v) is 7.33. The number of rotatable bonds is 6. The standard InChI is InChI=1S/C14H29N3O/c1-3-13(7-8-15)5-6-14(18)17-10-4-9-16(2)11-12-17/h13H,3-12,15H2,1-2H3. The van der Waals surface area contributed by atoms with Gasteiger partial charge in [0.2, 0.25) is 5.91 Å². The van der Waals surface area contributed by atoms with E-state index in [1.165, 1.54) is 0 Å². The quantitative estimate of drug-likeness (QED) is 0.778. The Balaban J connectivity index is 2.30. The number of nitrogens with two attached hydrogens (primary N) is 1. The third-order valence-electron chi connectivity index (χ3n) is 3.99. The van der Waals surface area contributed by atoms with E-state index in [-0.39, 0.29) is 0 Å². The summed E-state index contributed by atoms with van der Waals surface area (Å²) in [6.45, 7) is 6.85. The van der Waals surface area contributed by atoms with Crippen LogP contribution in [0.1, 0.15) is 39.0 Å². The van der Waals surface area contributed by atoms with Crippen molar-refractivity contribution >= 4 is 5.91 Å². The van der Waals surface area contributed by atoms with E-state index in [4.69, 9.17) is 5.73 Å². The number of hydrogen-bond acceptors (Lipinski definition) is 3. The molecule has 1 aliphatic rings. The molecule has 4 heteroatoms. The maximum atomic E-state index is 12.2. The van der Waals surface area contributed by atoms with Crippen molar-refractivity contribution in [2.45, 2.75) is 39.0 Å². The van der Waals surface area contributed by atoms with E-state index in [0.717, 1.165) is 58.4 Å². The second-order valence-corrected chi connectivity index (χ2v) is 5.43. The summed E-state index contributed by atoms with van der Waals surface area (Å²) in [6, 6.07) is 0. The van der Waals surface area contributed by atoms with Crippen LogP contribution in [0, 0.1) is 5.92 Å². The molecule has 1 aliphatic heterocycles. The SMILES string of the molecule is CCC(CCN)CCC(=O)N1CCCN(C)CC1. The van der Waals surface area contributed by atoms with Crippen LogP contribution in [0.15, 0.2) is 0 Å². The molecular weight excluding hydrogens is 226 g/mol. The second-order valence-electron chi connectivity index (χ2n) is 5.43. The third kappa shape index (κ3) is 5.36. The molecule has 0 aromatic heterocycles. The van der Waals surface area contributed by atoms with Crippen LogP contribution in [0.5, 0.6) is 0 Å². The molecule has 1 fully saturated rings. The molecule has 1 rings (SSSR count). The van der Waals surface area contributed by atoms with E-state index in [1.54, 1.807) is 0 Å². The number of hydrogen-bond donors (Lipinski definition) is 1. The zero-order valence-electron chi connectivity index (χ0n) is 12.0. The van der Waals surface area contributed by atoms with Crippen LogP contribution in [0.4, 0.5) is 0 Å². The van der Waals surface area contributed by atoms with Gasteiger partial charge in [0.25, 0.3) is 0 Å². The first-order chi connectivity index (χ1) is 8.67. The van der Waals surface area contributed by atoms with E-state index in [2.05, 4.69) is 18.9 Å². The molecule has 0 aliphatic carbocycles.